The van der Waals surface area contributed by atoms with Crippen LogP contribution in [0.15, 0.2) is 162 Å². The van der Waals surface area contributed by atoms with Crippen molar-refractivity contribution in [3.05, 3.63) is 169 Å². The van der Waals surface area contributed by atoms with Gasteiger partial charge in [-0.2, -0.15) is 0 Å². The van der Waals surface area contributed by atoms with Crippen molar-refractivity contribution in [3.63, 3.8) is 0 Å². The van der Waals surface area contributed by atoms with Crippen molar-refractivity contribution in [2.45, 2.75) is 19.3 Å². The van der Waals surface area contributed by atoms with E-state index in [2.05, 4.69) is 172 Å². The molecular formula is C49H32OS. The fraction of sp³-hybridized carbons (Fsp3) is 0.0612. The van der Waals surface area contributed by atoms with E-state index in [0.29, 0.717) is 0 Å². The van der Waals surface area contributed by atoms with Crippen LogP contribution in [0.25, 0.3) is 97.4 Å². The van der Waals surface area contributed by atoms with Gasteiger partial charge in [0.1, 0.15) is 11.2 Å². The van der Waals surface area contributed by atoms with Crippen LogP contribution >= 0.6 is 11.3 Å². The average molecular weight is 669 g/mol. The number of rotatable bonds is 3. The van der Waals surface area contributed by atoms with E-state index in [0.717, 1.165) is 22.1 Å². The largest absolute Gasteiger partial charge is 0.455 e. The molecule has 1 nitrogen and oxygen atoms in total. The molecule has 11 rings (SSSR count). The van der Waals surface area contributed by atoms with Gasteiger partial charge in [-0.3, -0.25) is 0 Å². The maximum absolute atomic E-state index is 7.15. The van der Waals surface area contributed by atoms with Crippen molar-refractivity contribution in [2.75, 3.05) is 0 Å². The van der Waals surface area contributed by atoms with E-state index in [1.807, 2.05) is 11.3 Å². The van der Waals surface area contributed by atoms with Crippen LogP contribution in [0, 0.1) is 0 Å². The van der Waals surface area contributed by atoms with Crippen molar-refractivity contribution in [1.29, 1.82) is 0 Å². The highest BCUT2D eigenvalue weighted by Crippen LogP contribution is 2.54. The van der Waals surface area contributed by atoms with E-state index in [-0.39, 0.29) is 5.41 Å². The SMILES string of the molecule is CC1(C)c2ccccc2-c2c1ccc1c2oc2c(-c3c4ccccc4c(-c4ccccc4-c4cc5ccccc5s4)c4ccccc34)cccc21. The molecule has 0 fully saturated rings. The Balaban J connectivity index is 1.22. The third-order valence-corrected chi connectivity index (χ3v) is 12.4. The molecule has 51 heavy (non-hydrogen) atoms. The van der Waals surface area contributed by atoms with Gasteiger partial charge in [0.2, 0.25) is 0 Å². The number of benzene rings is 8. The van der Waals surface area contributed by atoms with Gasteiger partial charge in [-0.15, -0.1) is 11.3 Å². The van der Waals surface area contributed by atoms with Crippen molar-refractivity contribution in [1.82, 2.24) is 0 Å². The lowest BCUT2D eigenvalue weighted by molar-refractivity contribution is 0.653. The van der Waals surface area contributed by atoms with Crippen molar-refractivity contribution in [3.8, 4) is 43.8 Å². The minimum absolute atomic E-state index is 0.0870. The molecule has 2 heterocycles. The Bertz CT molecular complexity index is 2970. The number of para-hydroxylation sites is 1. The number of thiophene rings is 1. The molecule has 0 unspecified atom stereocenters. The Labute approximate surface area is 300 Å². The molecule has 10 aromatic rings. The number of hydrogen-bond donors (Lipinski definition) is 0. The maximum Gasteiger partial charge on any atom is 0.143 e. The summed E-state index contributed by atoms with van der Waals surface area (Å²) in [6.07, 6.45) is 0. The molecule has 0 atom stereocenters. The molecule has 0 aliphatic heterocycles. The Hall–Kier alpha value is -5.96. The van der Waals surface area contributed by atoms with Crippen LogP contribution < -0.4 is 0 Å². The Morgan fingerprint density at radius 3 is 1.69 bits per heavy atom. The van der Waals surface area contributed by atoms with Crippen LogP contribution in [0.5, 0.6) is 0 Å². The summed E-state index contributed by atoms with van der Waals surface area (Å²) in [5, 5.41) is 8.53. The predicted octanol–water partition coefficient (Wildman–Crippen LogP) is 14.4. The smallest absolute Gasteiger partial charge is 0.143 e. The van der Waals surface area contributed by atoms with Crippen LogP contribution in [-0.2, 0) is 5.41 Å². The van der Waals surface area contributed by atoms with E-state index in [4.69, 9.17) is 4.42 Å². The molecule has 2 aromatic heterocycles. The monoisotopic (exact) mass is 668 g/mol. The normalized spacial score (nSPS) is 13.5. The van der Waals surface area contributed by atoms with Crippen LogP contribution in [0.1, 0.15) is 25.0 Å². The highest BCUT2D eigenvalue weighted by molar-refractivity contribution is 7.22. The van der Waals surface area contributed by atoms with Gasteiger partial charge in [0.25, 0.3) is 0 Å². The Kier molecular flexibility index (Phi) is 5.95. The van der Waals surface area contributed by atoms with Crippen molar-refractivity contribution >= 4 is 64.9 Å². The highest BCUT2D eigenvalue weighted by Gasteiger charge is 2.37. The second-order valence-corrected chi connectivity index (χ2v) is 15.4. The summed E-state index contributed by atoms with van der Waals surface area (Å²) in [4.78, 5) is 1.29. The second kappa shape index (κ2) is 10.5. The molecule has 2 heteroatoms. The van der Waals surface area contributed by atoms with Gasteiger partial charge in [-0.25, -0.2) is 0 Å². The van der Waals surface area contributed by atoms with Gasteiger partial charge in [-0.1, -0.05) is 159 Å². The predicted molar refractivity (Wildman–Crippen MR) is 218 cm³/mol. The molecule has 0 bridgehead atoms. The van der Waals surface area contributed by atoms with Gasteiger partial charge in [0, 0.05) is 42.5 Å². The summed E-state index contributed by atoms with van der Waals surface area (Å²) in [7, 11) is 0. The lowest BCUT2D eigenvalue weighted by atomic mass is 9.82. The summed E-state index contributed by atoms with van der Waals surface area (Å²) in [6, 6.07) is 58.0. The second-order valence-electron chi connectivity index (χ2n) is 14.4. The topological polar surface area (TPSA) is 13.1 Å². The van der Waals surface area contributed by atoms with Gasteiger partial charge in [0.05, 0.1) is 0 Å². The number of fused-ring (bicyclic) bond motifs is 10. The van der Waals surface area contributed by atoms with Gasteiger partial charge < -0.3 is 4.42 Å². The summed E-state index contributed by atoms with van der Waals surface area (Å²) >= 11 is 1.86. The standard InChI is InChI=1S/C49H32OS/c1-49(2)40-24-11-10-21-38(40)46-41(49)27-26-37-36-22-13-23-39(47(36)50-48(37)46)45-34-19-8-6-17-32(34)44(33-18-7-9-20-35(33)45)31-16-5-4-15-30(31)43-28-29-14-3-12-25-42(29)51-43/h3-28H,1-2H3. The van der Waals surface area contributed by atoms with E-state index in [1.165, 1.54) is 86.4 Å². The third-order valence-electron chi connectivity index (χ3n) is 11.3. The summed E-state index contributed by atoms with van der Waals surface area (Å²) in [6.45, 7) is 4.66. The molecule has 0 amide bonds. The zero-order chi connectivity index (χ0) is 33.8. The van der Waals surface area contributed by atoms with E-state index in [9.17, 15) is 0 Å². The molecule has 1 aliphatic carbocycles. The van der Waals surface area contributed by atoms with Crippen molar-refractivity contribution in [2.24, 2.45) is 0 Å². The first-order valence-electron chi connectivity index (χ1n) is 17.7. The zero-order valence-corrected chi connectivity index (χ0v) is 29.1. The van der Waals surface area contributed by atoms with Gasteiger partial charge >= 0.3 is 0 Å². The van der Waals surface area contributed by atoms with Gasteiger partial charge in [0.15, 0.2) is 0 Å². The summed E-state index contributed by atoms with van der Waals surface area (Å²) < 4.78 is 8.46. The fourth-order valence-electron chi connectivity index (χ4n) is 8.98. The average Bonchev–Trinajstić information content (AvgIpc) is 3.85. The van der Waals surface area contributed by atoms with E-state index < -0.39 is 0 Å². The number of hydrogen-bond acceptors (Lipinski definition) is 2. The molecule has 1 aliphatic rings. The highest BCUT2D eigenvalue weighted by atomic mass is 32.1. The van der Waals surface area contributed by atoms with Crippen LogP contribution in [0.2, 0.25) is 0 Å². The maximum atomic E-state index is 7.15. The molecule has 0 spiro atoms. The minimum Gasteiger partial charge on any atom is -0.455 e. The van der Waals surface area contributed by atoms with E-state index in [1.54, 1.807) is 0 Å². The molecule has 0 N–H and O–H groups in total. The first-order chi connectivity index (χ1) is 25.1. The fourth-order valence-corrected chi connectivity index (χ4v) is 10.1. The molecule has 0 saturated heterocycles. The van der Waals surface area contributed by atoms with Crippen molar-refractivity contribution < 1.29 is 4.42 Å². The Morgan fingerprint density at radius 2 is 0.961 bits per heavy atom. The lowest BCUT2D eigenvalue weighted by Gasteiger charge is -2.21. The molecule has 0 radical (unpaired) electrons. The Morgan fingerprint density at radius 1 is 0.412 bits per heavy atom. The molecule has 240 valence electrons. The van der Waals surface area contributed by atoms with Crippen LogP contribution in [-0.4, -0.2) is 0 Å². The van der Waals surface area contributed by atoms with Crippen LogP contribution in [0.3, 0.4) is 0 Å². The zero-order valence-electron chi connectivity index (χ0n) is 28.3. The first-order valence-corrected chi connectivity index (χ1v) is 18.5. The lowest BCUT2D eigenvalue weighted by Crippen LogP contribution is -2.14. The molecular weight excluding hydrogens is 637 g/mol. The molecule has 8 aromatic carbocycles. The third kappa shape index (κ3) is 3.97. The molecule has 0 saturated carbocycles. The van der Waals surface area contributed by atoms with Crippen LogP contribution in [0.4, 0.5) is 0 Å². The van der Waals surface area contributed by atoms with Gasteiger partial charge in [-0.05, 0) is 72.4 Å². The summed E-state index contributed by atoms with van der Waals surface area (Å²) in [5.74, 6) is 0. The number of furan rings is 1. The minimum atomic E-state index is -0.0870. The first kappa shape index (κ1) is 28.8. The summed E-state index contributed by atoms with van der Waals surface area (Å²) in [5.41, 5.74) is 13.2. The van der Waals surface area contributed by atoms with E-state index >= 15 is 0 Å². The quantitative estimate of drug-likeness (QED) is 0.171.